The molecule has 1 aliphatic rings. The lowest BCUT2D eigenvalue weighted by Gasteiger charge is -2.14. The topological polar surface area (TPSA) is 38.0 Å². The summed E-state index contributed by atoms with van der Waals surface area (Å²) in [6.45, 7) is 2.79. The summed E-state index contributed by atoms with van der Waals surface area (Å²) in [7, 11) is 8.11. The minimum atomic E-state index is 0.631. The van der Waals surface area contributed by atoms with E-state index in [9.17, 15) is 0 Å². The summed E-state index contributed by atoms with van der Waals surface area (Å²) >= 11 is 0. The van der Waals surface area contributed by atoms with Gasteiger partial charge in [-0.25, -0.2) is 0 Å². The van der Waals surface area contributed by atoms with Crippen LogP contribution in [0.1, 0.15) is 42.4 Å². The van der Waals surface area contributed by atoms with Crippen molar-refractivity contribution in [1.82, 2.24) is 5.32 Å². The first-order chi connectivity index (χ1) is 8.67. The van der Waals surface area contributed by atoms with E-state index in [0.717, 1.165) is 23.2 Å². The minimum absolute atomic E-state index is 0.631. The van der Waals surface area contributed by atoms with Gasteiger partial charge < -0.3 is 11.1 Å². The van der Waals surface area contributed by atoms with Crippen molar-refractivity contribution in [3.8, 4) is 0 Å². The maximum absolute atomic E-state index is 6.23. The van der Waals surface area contributed by atoms with Crippen LogP contribution in [0.15, 0.2) is 23.9 Å². The Bertz CT molecular complexity index is 462. The van der Waals surface area contributed by atoms with Crippen molar-refractivity contribution in [2.75, 3.05) is 13.6 Å². The molecular weight excluding hydrogens is 219 g/mol. The van der Waals surface area contributed by atoms with Crippen molar-refractivity contribution in [1.29, 1.82) is 0 Å². The van der Waals surface area contributed by atoms with E-state index in [1.54, 1.807) is 0 Å². The summed E-state index contributed by atoms with van der Waals surface area (Å²) in [6, 6.07) is 6.63. The van der Waals surface area contributed by atoms with Crippen molar-refractivity contribution in [2.45, 2.75) is 32.1 Å². The molecule has 94 valence electrons. The molecule has 1 saturated carbocycles. The fourth-order valence-electron chi connectivity index (χ4n) is 2.27. The molecule has 0 spiro atoms. The van der Waals surface area contributed by atoms with E-state index in [1.165, 1.54) is 24.0 Å². The van der Waals surface area contributed by atoms with Crippen molar-refractivity contribution in [3.05, 3.63) is 40.6 Å². The van der Waals surface area contributed by atoms with E-state index in [-0.39, 0.29) is 0 Å². The van der Waals surface area contributed by atoms with Crippen molar-refractivity contribution in [2.24, 2.45) is 5.73 Å². The third-order valence-corrected chi connectivity index (χ3v) is 3.55. The monoisotopic (exact) mass is 240 g/mol. The number of nitrogens with one attached hydrogen (secondary N) is 1. The van der Waals surface area contributed by atoms with Gasteiger partial charge in [-0.2, -0.15) is 0 Å². The van der Waals surface area contributed by atoms with Crippen LogP contribution in [0.25, 0.3) is 5.47 Å². The van der Waals surface area contributed by atoms with E-state index < -0.39 is 0 Å². The third kappa shape index (κ3) is 2.78. The molecule has 0 heterocycles. The predicted octanol–water partition coefficient (Wildman–Crippen LogP) is 2.14. The molecule has 3 heteroatoms. The average molecular weight is 240 g/mol. The number of benzene rings is 1. The summed E-state index contributed by atoms with van der Waals surface area (Å²) in [6.07, 6.45) is 3.58. The molecule has 1 aromatic carbocycles. The van der Waals surface area contributed by atoms with Crippen LogP contribution in [0, 0.1) is 0 Å². The normalized spacial score (nSPS) is 16.6. The molecule has 1 aliphatic carbocycles. The Balaban J connectivity index is 2.42. The molecule has 0 aromatic heterocycles. The second kappa shape index (κ2) is 5.62. The molecule has 2 nitrogen and oxygen atoms in total. The van der Waals surface area contributed by atoms with Gasteiger partial charge in [-0.15, -0.1) is 0 Å². The lowest BCUT2D eigenvalue weighted by Crippen LogP contribution is -2.18. The summed E-state index contributed by atoms with van der Waals surface area (Å²) in [4.78, 5) is 0. The smallest absolute Gasteiger partial charge is 0.117 e. The molecule has 0 amide bonds. The van der Waals surface area contributed by atoms with Crippen molar-refractivity contribution < 1.29 is 0 Å². The van der Waals surface area contributed by atoms with Crippen LogP contribution < -0.4 is 11.1 Å². The van der Waals surface area contributed by atoms with Gasteiger partial charge in [0.05, 0.1) is 0 Å². The number of nitrogens with two attached hydrogens (primary N) is 1. The molecule has 0 aliphatic heterocycles. The van der Waals surface area contributed by atoms with Gasteiger partial charge in [0.15, 0.2) is 0 Å². The maximum atomic E-state index is 6.23. The highest BCUT2D eigenvalue weighted by molar-refractivity contribution is 6.43. The van der Waals surface area contributed by atoms with Gasteiger partial charge in [0.1, 0.15) is 7.85 Å². The summed E-state index contributed by atoms with van der Waals surface area (Å²) in [5, 5.41) is 3.05. The summed E-state index contributed by atoms with van der Waals surface area (Å²) in [5.74, 6) is 0.687. The number of rotatable bonds is 5. The van der Waals surface area contributed by atoms with E-state index in [0.29, 0.717) is 12.5 Å². The molecule has 18 heavy (non-hydrogen) atoms. The maximum Gasteiger partial charge on any atom is 0.117 e. The minimum Gasteiger partial charge on any atom is -0.401 e. The molecule has 0 bridgehead atoms. The molecular formula is C15H21BN2. The fourth-order valence-corrected chi connectivity index (χ4v) is 2.27. The Morgan fingerprint density at radius 2 is 2.17 bits per heavy atom. The van der Waals surface area contributed by atoms with Crippen LogP contribution in [0.2, 0.25) is 0 Å². The number of aryl methyl sites for hydroxylation is 1. The molecule has 2 radical (unpaired) electrons. The molecule has 2 rings (SSSR count). The molecule has 0 unspecified atom stereocenters. The zero-order chi connectivity index (χ0) is 13.1. The highest BCUT2D eigenvalue weighted by atomic mass is 14.8. The fraction of sp³-hybridized carbons (Fsp3) is 0.467. The molecule has 0 atom stereocenters. The lowest BCUT2D eigenvalue weighted by molar-refractivity contribution is 0.874. The highest BCUT2D eigenvalue weighted by Gasteiger charge is 2.26. The molecule has 1 fully saturated rings. The van der Waals surface area contributed by atoms with Gasteiger partial charge in [-0.05, 0) is 48.9 Å². The van der Waals surface area contributed by atoms with Crippen LogP contribution in [0.5, 0.6) is 0 Å². The van der Waals surface area contributed by atoms with Crippen LogP contribution in [0.3, 0.4) is 0 Å². The summed E-state index contributed by atoms with van der Waals surface area (Å²) < 4.78 is 0. The Morgan fingerprint density at radius 3 is 2.72 bits per heavy atom. The number of hydrogen-bond acceptors (Lipinski definition) is 2. The Hall–Kier alpha value is -1.22. The third-order valence-electron chi connectivity index (χ3n) is 3.55. The van der Waals surface area contributed by atoms with E-state index >= 15 is 0 Å². The number of likely N-dealkylation sites (N-methyl/N-ethyl adjacent to an activating group) is 1. The summed E-state index contributed by atoms with van der Waals surface area (Å²) in [5.41, 5.74) is 11.3. The van der Waals surface area contributed by atoms with Gasteiger partial charge in [0.25, 0.3) is 0 Å². The van der Waals surface area contributed by atoms with Gasteiger partial charge in [0.2, 0.25) is 0 Å². The van der Waals surface area contributed by atoms with Crippen molar-refractivity contribution in [3.63, 3.8) is 0 Å². The van der Waals surface area contributed by atoms with E-state index in [1.807, 2.05) is 7.05 Å². The van der Waals surface area contributed by atoms with Crippen LogP contribution in [0.4, 0.5) is 0 Å². The first kappa shape index (κ1) is 13.2. The number of hydrogen-bond donors (Lipinski definition) is 2. The van der Waals surface area contributed by atoms with Gasteiger partial charge >= 0.3 is 0 Å². The van der Waals surface area contributed by atoms with E-state index in [4.69, 9.17) is 13.6 Å². The van der Waals surface area contributed by atoms with Crippen LogP contribution in [-0.2, 0) is 6.42 Å². The lowest BCUT2D eigenvalue weighted by atomic mass is 9.82. The Morgan fingerprint density at radius 1 is 1.44 bits per heavy atom. The van der Waals surface area contributed by atoms with Gasteiger partial charge in [-0.1, -0.05) is 30.6 Å². The zero-order valence-corrected chi connectivity index (χ0v) is 11.3. The second-order valence-corrected chi connectivity index (χ2v) is 5.02. The standard InChI is InChI=1S/C15H21BN2/c1-3-10-4-7-12(11-5-6-11)13(8-10)15(16)14(17)9-18-2/h4,7-8,11,18H,3,5-6,9,17H2,1-2H3/b15-14+. The van der Waals surface area contributed by atoms with Crippen LogP contribution in [-0.4, -0.2) is 21.4 Å². The molecule has 0 saturated heterocycles. The average Bonchev–Trinajstić information content (AvgIpc) is 3.21. The second-order valence-electron chi connectivity index (χ2n) is 5.02. The van der Waals surface area contributed by atoms with Crippen LogP contribution >= 0.6 is 0 Å². The van der Waals surface area contributed by atoms with E-state index in [2.05, 4.69) is 30.4 Å². The molecule has 3 N–H and O–H groups in total. The van der Waals surface area contributed by atoms with Gasteiger partial charge in [0, 0.05) is 12.2 Å². The zero-order valence-electron chi connectivity index (χ0n) is 11.3. The highest BCUT2D eigenvalue weighted by Crippen LogP contribution is 2.43. The molecule has 1 aromatic rings. The first-order valence-electron chi connectivity index (χ1n) is 6.69. The van der Waals surface area contributed by atoms with Crippen molar-refractivity contribution >= 4 is 13.3 Å². The predicted molar refractivity (Wildman–Crippen MR) is 78.6 cm³/mol. The Labute approximate surface area is 111 Å². The quantitative estimate of drug-likeness (QED) is 0.774. The first-order valence-corrected chi connectivity index (χ1v) is 6.69. The Kier molecular flexibility index (Phi) is 4.13. The van der Waals surface area contributed by atoms with Gasteiger partial charge in [-0.3, -0.25) is 0 Å². The largest absolute Gasteiger partial charge is 0.401 e. The SMILES string of the molecule is [B]/C(=C(/N)CNC)c1cc(CC)ccc1C1CC1.